The fourth-order valence-electron chi connectivity index (χ4n) is 1.79. The zero-order valence-corrected chi connectivity index (χ0v) is 10.8. The standard InChI is InChI=1S/C12H15N3OS/c1-3-11-13-14-12(17)15(11)8-9-6-4-5-7-10(9)16-2/h4-7H,3,8H2,1-2H3,(H,14,17). The fourth-order valence-corrected chi connectivity index (χ4v) is 2.00. The molecule has 0 aliphatic heterocycles. The van der Waals surface area contributed by atoms with Gasteiger partial charge in [0, 0.05) is 12.0 Å². The summed E-state index contributed by atoms with van der Waals surface area (Å²) in [4.78, 5) is 0. The summed E-state index contributed by atoms with van der Waals surface area (Å²) in [7, 11) is 1.67. The normalized spacial score (nSPS) is 10.5. The molecule has 2 rings (SSSR count). The van der Waals surface area contributed by atoms with Gasteiger partial charge in [-0.3, -0.25) is 9.67 Å². The third-order valence-electron chi connectivity index (χ3n) is 2.67. The summed E-state index contributed by atoms with van der Waals surface area (Å²) < 4.78 is 7.97. The van der Waals surface area contributed by atoms with Crippen molar-refractivity contribution in [1.29, 1.82) is 0 Å². The Balaban J connectivity index is 2.37. The fraction of sp³-hybridized carbons (Fsp3) is 0.333. The first kappa shape index (κ1) is 11.9. The zero-order chi connectivity index (χ0) is 12.3. The number of para-hydroxylation sites is 1. The Kier molecular flexibility index (Phi) is 3.58. The van der Waals surface area contributed by atoms with Crippen molar-refractivity contribution in [2.24, 2.45) is 0 Å². The van der Waals surface area contributed by atoms with Crippen LogP contribution in [0.3, 0.4) is 0 Å². The Morgan fingerprint density at radius 1 is 1.41 bits per heavy atom. The van der Waals surface area contributed by atoms with Crippen LogP contribution >= 0.6 is 12.2 Å². The second-order valence-corrected chi connectivity index (χ2v) is 4.08. The third kappa shape index (κ3) is 2.39. The van der Waals surface area contributed by atoms with Gasteiger partial charge in [-0.2, -0.15) is 5.10 Å². The van der Waals surface area contributed by atoms with Crippen molar-refractivity contribution in [3.05, 3.63) is 40.4 Å². The van der Waals surface area contributed by atoms with Crippen LogP contribution in [-0.4, -0.2) is 21.9 Å². The zero-order valence-electron chi connectivity index (χ0n) is 9.93. The maximum Gasteiger partial charge on any atom is 0.195 e. The summed E-state index contributed by atoms with van der Waals surface area (Å²) in [5.41, 5.74) is 1.10. The highest BCUT2D eigenvalue weighted by atomic mass is 32.1. The van der Waals surface area contributed by atoms with Gasteiger partial charge >= 0.3 is 0 Å². The summed E-state index contributed by atoms with van der Waals surface area (Å²) in [6.45, 7) is 2.74. The van der Waals surface area contributed by atoms with Gasteiger partial charge < -0.3 is 4.74 Å². The van der Waals surface area contributed by atoms with Crippen molar-refractivity contribution in [3.63, 3.8) is 0 Å². The van der Waals surface area contributed by atoms with Gasteiger partial charge in [-0.25, -0.2) is 0 Å². The molecule has 1 aromatic carbocycles. The summed E-state index contributed by atoms with van der Waals surface area (Å²) in [5, 5.41) is 7.01. The number of rotatable bonds is 4. The molecule has 0 amide bonds. The minimum atomic E-state index is 0.646. The largest absolute Gasteiger partial charge is 0.496 e. The van der Waals surface area contributed by atoms with Crippen molar-refractivity contribution in [1.82, 2.24) is 14.8 Å². The lowest BCUT2D eigenvalue weighted by molar-refractivity contribution is 0.408. The van der Waals surface area contributed by atoms with E-state index in [1.54, 1.807) is 7.11 Å². The number of aryl methyl sites for hydroxylation is 1. The number of benzene rings is 1. The van der Waals surface area contributed by atoms with E-state index in [4.69, 9.17) is 17.0 Å². The van der Waals surface area contributed by atoms with Crippen LogP contribution in [0, 0.1) is 4.77 Å². The van der Waals surface area contributed by atoms with Crippen LogP contribution in [-0.2, 0) is 13.0 Å². The predicted octanol–water partition coefficient (Wildman–Crippen LogP) is 2.56. The molecule has 0 aliphatic rings. The van der Waals surface area contributed by atoms with Crippen molar-refractivity contribution < 1.29 is 4.74 Å². The van der Waals surface area contributed by atoms with Gasteiger partial charge in [-0.1, -0.05) is 25.1 Å². The van der Waals surface area contributed by atoms with Crippen LogP contribution in [0.5, 0.6) is 5.75 Å². The minimum absolute atomic E-state index is 0.646. The molecule has 0 fully saturated rings. The Hall–Kier alpha value is -1.62. The summed E-state index contributed by atoms with van der Waals surface area (Å²) in [6, 6.07) is 7.93. The summed E-state index contributed by atoms with van der Waals surface area (Å²) >= 11 is 5.22. The molecule has 0 radical (unpaired) electrons. The lowest BCUT2D eigenvalue weighted by Gasteiger charge is -2.09. The number of aromatic nitrogens is 3. The van der Waals surface area contributed by atoms with E-state index in [1.807, 2.05) is 28.8 Å². The number of aromatic amines is 1. The number of hydrogen-bond acceptors (Lipinski definition) is 3. The summed E-state index contributed by atoms with van der Waals surface area (Å²) in [6.07, 6.45) is 0.849. The molecular formula is C12H15N3OS. The van der Waals surface area contributed by atoms with E-state index in [0.717, 1.165) is 23.6 Å². The maximum absolute atomic E-state index is 5.33. The van der Waals surface area contributed by atoms with Crippen molar-refractivity contribution in [2.75, 3.05) is 7.11 Å². The van der Waals surface area contributed by atoms with Crippen LogP contribution in [0.1, 0.15) is 18.3 Å². The molecule has 17 heavy (non-hydrogen) atoms. The average molecular weight is 249 g/mol. The molecule has 90 valence electrons. The Morgan fingerprint density at radius 3 is 2.88 bits per heavy atom. The molecule has 4 nitrogen and oxygen atoms in total. The van der Waals surface area contributed by atoms with Crippen LogP contribution < -0.4 is 4.74 Å². The number of nitrogens with zero attached hydrogens (tertiary/aromatic N) is 2. The Labute approximate surface area is 105 Å². The minimum Gasteiger partial charge on any atom is -0.496 e. The highest BCUT2D eigenvalue weighted by Crippen LogP contribution is 2.19. The molecule has 5 heteroatoms. The van der Waals surface area contributed by atoms with Gasteiger partial charge in [0.25, 0.3) is 0 Å². The highest BCUT2D eigenvalue weighted by Gasteiger charge is 2.07. The highest BCUT2D eigenvalue weighted by molar-refractivity contribution is 7.71. The lowest BCUT2D eigenvalue weighted by Crippen LogP contribution is -2.05. The van der Waals surface area contributed by atoms with Gasteiger partial charge in [0.05, 0.1) is 13.7 Å². The molecule has 1 aromatic heterocycles. The van der Waals surface area contributed by atoms with E-state index in [0.29, 0.717) is 11.3 Å². The van der Waals surface area contributed by atoms with Gasteiger partial charge in [0.2, 0.25) is 0 Å². The first-order valence-corrected chi connectivity index (χ1v) is 5.93. The number of nitrogens with one attached hydrogen (secondary N) is 1. The Morgan fingerprint density at radius 2 is 2.18 bits per heavy atom. The molecule has 1 heterocycles. The topological polar surface area (TPSA) is 42.8 Å². The van der Waals surface area contributed by atoms with Gasteiger partial charge in [0.15, 0.2) is 4.77 Å². The lowest BCUT2D eigenvalue weighted by atomic mass is 10.2. The number of H-pyrrole nitrogens is 1. The van der Waals surface area contributed by atoms with E-state index in [9.17, 15) is 0 Å². The quantitative estimate of drug-likeness (QED) is 0.847. The Bertz CT molecular complexity index is 559. The van der Waals surface area contributed by atoms with E-state index >= 15 is 0 Å². The van der Waals surface area contributed by atoms with E-state index < -0.39 is 0 Å². The molecular weight excluding hydrogens is 234 g/mol. The van der Waals surface area contributed by atoms with Crippen molar-refractivity contribution in [2.45, 2.75) is 19.9 Å². The van der Waals surface area contributed by atoms with Crippen LogP contribution in [0.2, 0.25) is 0 Å². The first-order chi connectivity index (χ1) is 8.26. The second kappa shape index (κ2) is 5.14. The van der Waals surface area contributed by atoms with E-state index in [2.05, 4.69) is 17.1 Å². The third-order valence-corrected chi connectivity index (χ3v) is 2.99. The molecule has 0 aliphatic carbocycles. The first-order valence-electron chi connectivity index (χ1n) is 5.52. The number of hydrogen-bond donors (Lipinski definition) is 1. The molecule has 0 bridgehead atoms. The van der Waals surface area contributed by atoms with Crippen LogP contribution in [0.4, 0.5) is 0 Å². The maximum atomic E-state index is 5.33. The van der Waals surface area contributed by atoms with Crippen LogP contribution in [0.25, 0.3) is 0 Å². The molecule has 0 unspecified atom stereocenters. The van der Waals surface area contributed by atoms with Gasteiger partial charge in [-0.05, 0) is 18.3 Å². The van der Waals surface area contributed by atoms with E-state index in [-0.39, 0.29) is 0 Å². The number of ether oxygens (including phenoxy) is 1. The molecule has 0 spiro atoms. The predicted molar refractivity (Wildman–Crippen MR) is 68.9 cm³/mol. The van der Waals surface area contributed by atoms with Gasteiger partial charge in [-0.15, -0.1) is 0 Å². The number of methoxy groups -OCH3 is 1. The molecule has 2 aromatic rings. The van der Waals surface area contributed by atoms with E-state index in [1.165, 1.54) is 0 Å². The van der Waals surface area contributed by atoms with Gasteiger partial charge in [0.1, 0.15) is 11.6 Å². The molecule has 1 N–H and O–H groups in total. The molecule has 0 saturated heterocycles. The second-order valence-electron chi connectivity index (χ2n) is 3.70. The monoisotopic (exact) mass is 249 g/mol. The molecule has 0 saturated carbocycles. The SMILES string of the molecule is CCc1n[nH]c(=S)n1Cc1ccccc1OC. The van der Waals surface area contributed by atoms with Crippen molar-refractivity contribution in [3.8, 4) is 5.75 Å². The van der Waals surface area contributed by atoms with Crippen LogP contribution in [0.15, 0.2) is 24.3 Å². The smallest absolute Gasteiger partial charge is 0.195 e. The average Bonchev–Trinajstić information content (AvgIpc) is 2.71. The molecule has 0 atom stereocenters. The summed E-state index contributed by atoms with van der Waals surface area (Å²) in [5.74, 6) is 1.83. The van der Waals surface area contributed by atoms with Crippen molar-refractivity contribution >= 4 is 12.2 Å².